The molecule has 158 valence electrons. The highest BCUT2D eigenvalue weighted by atomic mass is 35.5. The molecule has 0 unspecified atom stereocenters. The molecule has 1 aromatic heterocycles. The number of anilines is 1. The Morgan fingerprint density at radius 3 is 2.39 bits per heavy atom. The van der Waals surface area contributed by atoms with Gasteiger partial charge in [0.15, 0.2) is 0 Å². The van der Waals surface area contributed by atoms with Crippen LogP contribution in [-0.2, 0) is 0 Å². The van der Waals surface area contributed by atoms with E-state index in [2.05, 4.69) is 21.7 Å². The van der Waals surface area contributed by atoms with Crippen molar-refractivity contribution in [1.29, 1.82) is 0 Å². The van der Waals surface area contributed by atoms with Crippen molar-refractivity contribution in [2.75, 3.05) is 18.0 Å². The zero-order valence-electron chi connectivity index (χ0n) is 16.6. The molecule has 0 spiro atoms. The summed E-state index contributed by atoms with van der Waals surface area (Å²) < 4.78 is 1.27. The number of oxime groups is 1. The van der Waals surface area contributed by atoms with Gasteiger partial charge in [-0.25, -0.2) is 0 Å². The molecule has 4 rings (SSSR count). The summed E-state index contributed by atoms with van der Waals surface area (Å²) in [6.45, 7) is 5.42. The summed E-state index contributed by atoms with van der Waals surface area (Å²) in [5.74, 6) is 0. The number of rotatable bonds is 5. The van der Waals surface area contributed by atoms with Gasteiger partial charge in [-0.05, 0) is 60.4 Å². The minimum atomic E-state index is -0.280. The van der Waals surface area contributed by atoms with Gasteiger partial charge in [0, 0.05) is 18.7 Å². The Balaban J connectivity index is 2.00. The van der Waals surface area contributed by atoms with Crippen LogP contribution in [0.3, 0.4) is 0 Å². The van der Waals surface area contributed by atoms with Crippen molar-refractivity contribution in [3.05, 3.63) is 80.6 Å². The summed E-state index contributed by atoms with van der Waals surface area (Å²) >= 11 is 12.8. The smallest absolute Gasteiger partial charge is 0.295 e. The largest absolute Gasteiger partial charge is 0.411 e. The molecule has 0 radical (unpaired) electrons. The molecule has 2 aromatic carbocycles. The van der Waals surface area contributed by atoms with Crippen LogP contribution in [-0.4, -0.2) is 34.3 Å². The number of aromatic nitrogens is 2. The lowest BCUT2D eigenvalue weighted by atomic mass is 10.0. The molecule has 2 heterocycles. The molecule has 0 bridgehead atoms. The van der Waals surface area contributed by atoms with Crippen molar-refractivity contribution in [2.45, 2.75) is 12.8 Å². The van der Waals surface area contributed by atoms with Crippen LogP contribution in [0.15, 0.2) is 59.0 Å². The number of hydrogen-bond acceptors (Lipinski definition) is 5. The van der Waals surface area contributed by atoms with Crippen molar-refractivity contribution in [2.24, 2.45) is 5.16 Å². The molecular formula is C23H20Cl2N4O2. The van der Waals surface area contributed by atoms with Gasteiger partial charge in [-0.3, -0.25) is 4.79 Å². The minimum absolute atomic E-state index is 0.280. The Bertz CT molecular complexity index is 1210. The average Bonchev–Trinajstić information content (AvgIpc) is 3.29. The third-order valence-electron chi connectivity index (χ3n) is 5.20. The van der Waals surface area contributed by atoms with Crippen LogP contribution in [0.2, 0.25) is 10.0 Å². The van der Waals surface area contributed by atoms with Gasteiger partial charge in [0.05, 0.1) is 22.0 Å². The SMILES string of the molecule is C=Cc1cc(C=NO)cc(-c2cc(N3CCCC3)c(=O)n(-c3c(Cl)cccc3Cl)n2)c1. The van der Waals surface area contributed by atoms with E-state index in [1.165, 1.54) is 10.9 Å². The van der Waals surface area contributed by atoms with Gasteiger partial charge in [-0.2, -0.15) is 9.78 Å². The van der Waals surface area contributed by atoms with Gasteiger partial charge in [-0.15, -0.1) is 0 Å². The second-order valence-electron chi connectivity index (χ2n) is 7.23. The van der Waals surface area contributed by atoms with Crippen LogP contribution in [0.1, 0.15) is 24.0 Å². The van der Waals surface area contributed by atoms with Gasteiger partial charge in [-0.1, -0.05) is 47.1 Å². The van der Waals surface area contributed by atoms with Gasteiger partial charge < -0.3 is 10.1 Å². The molecule has 6 nitrogen and oxygen atoms in total. The predicted molar refractivity (Wildman–Crippen MR) is 126 cm³/mol. The van der Waals surface area contributed by atoms with E-state index >= 15 is 0 Å². The molecule has 1 aliphatic heterocycles. The van der Waals surface area contributed by atoms with Crippen molar-refractivity contribution in [1.82, 2.24) is 9.78 Å². The van der Waals surface area contributed by atoms with E-state index in [1.807, 2.05) is 18.2 Å². The van der Waals surface area contributed by atoms with Crippen LogP contribution in [0, 0.1) is 0 Å². The molecule has 0 aliphatic carbocycles. The fraction of sp³-hybridized carbons (Fsp3) is 0.174. The van der Waals surface area contributed by atoms with Gasteiger partial charge in [0.2, 0.25) is 0 Å². The molecule has 1 N–H and O–H groups in total. The summed E-state index contributed by atoms with van der Waals surface area (Å²) in [7, 11) is 0. The van der Waals surface area contributed by atoms with E-state index in [9.17, 15) is 4.79 Å². The van der Waals surface area contributed by atoms with E-state index < -0.39 is 0 Å². The highest BCUT2D eigenvalue weighted by Gasteiger charge is 2.22. The molecular weight excluding hydrogens is 435 g/mol. The number of hydrogen-bond donors (Lipinski definition) is 1. The van der Waals surface area contributed by atoms with Crippen LogP contribution >= 0.6 is 23.2 Å². The fourth-order valence-electron chi connectivity index (χ4n) is 3.73. The third-order valence-corrected chi connectivity index (χ3v) is 5.81. The van der Waals surface area contributed by atoms with E-state index in [0.29, 0.717) is 32.7 Å². The summed E-state index contributed by atoms with van der Waals surface area (Å²) in [4.78, 5) is 15.5. The monoisotopic (exact) mass is 454 g/mol. The van der Waals surface area contributed by atoms with E-state index in [0.717, 1.165) is 37.1 Å². The normalized spacial score (nSPS) is 13.8. The first-order valence-electron chi connectivity index (χ1n) is 9.81. The van der Waals surface area contributed by atoms with Crippen LogP contribution in [0.25, 0.3) is 23.0 Å². The molecule has 31 heavy (non-hydrogen) atoms. The second kappa shape index (κ2) is 8.96. The average molecular weight is 455 g/mol. The van der Waals surface area contributed by atoms with Crippen molar-refractivity contribution in [3.63, 3.8) is 0 Å². The van der Waals surface area contributed by atoms with Crippen LogP contribution in [0.4, 0.5) is 5.69 Å². The summed E-state index contributed by atoms with van der Waals surface area (Å²) in [6, 6.07) is 12.4. The Hall–Kier alpha value is -3.09. The Morgan fingerprint density at radius 1 is 1.06 bits per heavy atom. The van der Waals surface area contributed by atoms with Crippen LogP contribution < -0.4 is 10.5 Å². The fourth-order valence-corrected chi connectivity index (χ4v) is 4.29. The molecule has 0 amide bonds. The molecule has 0 atom stereocenters. The number of para-hydroxylation sites is 1. The standard InChI is InChI=1S/C23H20Cl2N4O2/c1-2-15-10-16(14-26-31)12-17(11-15)20-13-21(28-8-3-4-9-28)23(30)29(27-20)22-18(24)6-5-7-19(22)25/h2,5-7,10-14,31H,1,3-4,8-9H2. The molecule has 1 aliphatic rings. The summed E-state index contributed by atoms with van der Waals surface area (Å²) in [5, 5.41) is 17.4. The van der Waals surface area contributed by atoms with E-state index in [1.54, 1.807) is 30.3 Å². The first kappa shape index (κ1) is 21.2. The lowest BCUT2D eigenvalue weighted by Gasteiger charge is -2.20. The Morgan fingerprint density at radius 2 is 1.74 bits per heavy atom. The van der Waals surface area contributed by atoms with Crippen molar-refractivity contribution >= 4 is 41.2 Å². The number of benzene rings is 2. The maximum Gasteiger partial charge on any atom is 0.295 e. The van der Waals surface area contributed by atoms with Gasteiger partial charge >= 0.3 is 0 Å². The predicted octanol–water partition coefficient (Wildman–Crippen LogP) is 5.26. The maximum absolute atomic E-state index is 13.4. The molecule has 1 saturated heterocycles. The maximum atomic E-state index is 13.4. The van der Waals surface area contributed by atoms with Gasteiger partial charge in [0.25, 0.3) is 5.56 Å². The van der Waals surface area contributed by atoms with Gasteiger partial charge in [0.1, 0.15) is 11.4 Å². The molecule has 3 aromatic rings. The zero-order chi connectivity index (χ0) is 22.0. The zero-order valence-corrected chi connectivity index (χ0v) is 18.1. The third kappa shape index (κ3) is 4.22. The van der Waals surface area contributed by atoms with Crippen molar-refractivity contribution in [3.8, 4) is 16.9 Å². The highest BCUT2D eigenvalue weighted by molar-refractivity contribution is 6.37. The topological polar surface area (TPSA) is 70.7 Å². The van der Waals surface area contributed by atoms with Crippen LogP contribution in [0.5, 0.6) is 0 Å². The molecule has 1 fully saturated rings. The number of halogens is 2. The first-order chi connectivity index (χ1) is 15.0. The lowest BCUT2D eigenvalue weighted by Crippen LogP contribution is -2.31. The number of nitrogens with zero attached hydrogens (tertiary/aromatic N) is 4. The second-order valence-corrected chi connectivity index (χ2v) is 8.05. The highest BCUT2D eigenvalue weighted by Crippen LogP contribution is 2.30. The summed E-state index contributed by atoms with van der Waals surface area (Å²) in [5.41, 5.74) is 3.41. The van der Waals surface area contributed by atoms with Crippen molar-refractivity contribution < 1.29 is 5.21 Å². The Labute approximate surface area is 189 Å². The molecule has 8 heteroatoms. The minimum Gasteiger partial charge on any atom is -0.411 e. The first-order valence-corrected chi connectivity index (χ1v) is 10.6. The lowest BCUT2D eigenvalue weighted by molar-refractivity contribution is 0.322. The van der Waals surface area contributed by atoms with E-state index in [-0.39, 0.29) is 5.56 Å². The Kier molecular flexibility index (Phi) is 6.11. The van der Waals surface area contributed by atoms with E-state index in [4.69, 9.17) is 28.4 Å². The summed E-state index contributed by atoms with van der Waals surface area (Å²) in [6.07, 6.45) is 5.07. The quantitative estimate of drug-likeness (QED) is 0.324. The molecule has 0 saturated carbocycles.